The van der Waals surface area contributed by atoms with Crippen LogP contribution in [0.1, 0.15) is 17.2 Å². The van der Waals surface area contributed by atoms with Crippen LogP contribution in [0.2, 0.25) is 5.02 Å². The number of hydrogen-bond acceptors (Lipinski definition) is 2. The highest BCUT2D eigenvalue weighted by atomic mass is 35.5. The van der Waals surface area contributed by atoms with Crippen LogP contribution in [-0.2, 0) is 6.42 Å². The van der Waals surface area contributed by atoms with Crippen molar-refractivity contribution in [1.82, 2.24) is 4.98 Å². The molecular weight excluding hydrogens is 241 g/mol. The van der Waals surface area contributed by atoms with E-state index in [1.807, 2.05) is 0 Å². The van der Waals surface area contributed by atoms with Crippen LogP contribution < -0.4 is 0 Å². The lowest BCUT2D eigenvalue weighted by Crippen LogP contribution is -2.04. The zero-order valence-electron chi connectivity index (χ0n) is 8.98. The Morgan fingerprint density at radius 3 is 2.59 bits per heavy atom. The van der Waals surface area contributed by atoms with Gasteiger partial charge < -0.3 is 5.11 Å². The Morgan fingerprint density at radius 2 is 1.94 bits per heavy atom. The largest absolute Gasteiger partial charge is 0.388 e. The molecule has 88 valence electrons. The molecule has 0 radical (unpaired) electrons. The molecule has 0 saturated carbocycles. The third kappa shape index (κ3) is 3.02. The highest BCUT2D eigenvalue weighted by Crippen LogP contribution is 2.23. The first-order valence-corrected chi connectivity index (χ1v) is 5.56. The predicted octanol–water partition coefficient (Wildman–Crippen LogP) is 3.15. The number of benzene rings is 1. The van der Waals surface area contributed by atoms with E-state index >= 15 is 0 Å². The predicted molar refractivity (Wildman–Crippen MR) is 64.3 cm³/mol. The molecule has 1 aromatic heterocycles. The zero-order valence-corrected chi connectivity index (χ0v) is 9.73. The van der Waals surface area contributed by atoms with Crippen LogP contribution in [0.3, 0.4) is 0 Å². The van der Waals surface area contributed by atoms with Crippen LogP contribution >= 0.6 is 11.6 Å². The monoisotopic (exact) mass is 251 g/mol. The van der Waals surface area contributed by atoms with Crippen molar-refractivity contribution in [3.63, 3.8) is 0 Å². The number of aliphatic hydroxyl groups excluding tert-OH is 1. The van der Waals surface area contributed by atoms with E-state index in [1.54, 1.807) is 30.6 Å². The van der Waals surface area contributed by atoms with Crippen molar-refractivity contribution in [2.24, 2.45) is 0 Å². The van der Waals surface area contributed by atoms with Crippen molar-refractivity contribution in [1.29, 1.82) is 0 Å². The molecule has 1 atom stereocenters. The van der Waals surface area contributed by atoms with Gasteiger partial charge in [0.1, 0.15) is 5.82 Å². The van der Waals surface area contributed by atoms with E-state index in [4.69, 9.17) is 11.6 Å². The number of aliphatic hydroxyl groups is 1. The molecule has 0 saturated heterocycles. The normalized spacial score (nSPS) is 12.4. The Labute approximate surface area is 104 Å². The highest BCUT2D eigenvalue weighted by Gasteiger charge is 2.13. The van der Waals surface area contributed by atoms with E-state index in [0.717, 1.165) is 5.56 Å². The van der Waals surface area contributed by atoms with Gasteiger partial charge in [-0.2, -0.15) is 0 Å². The lowest BCUT2D eigenvalue weighted by Gasteiger charge is -2.12. The molecule has 0 aliphatic carbocycles. The molecule has 17 heavy (non-hydrogen) atoms. The minimum Gasteiger partial charge on any atom is -0.388 e. The van der Waals surface area contributed by atoms with Crippen LogP contribution in [0.25, 0.3) is 0 Å². The number of aromatic nitrogens is 1. The molecule has 0 aliphatic heterocycles. The first-order chi connectivity index (χ1) is 8.16. The van der Waals surface area contributed by atoms with Gasteiger partial charge >= 0.3 is 0 Å². The fraction of sp³-hybridized carbons (Fsp3) is 0.154. The summed E-state index contributed by atoms with van der Waals surface area (Å²) in [7, 11) is 0. The van der Waals surface area contributed by atoms with Crippen molar-refractivity contribution >= 4 is 11.6 Å². The fourth-order valence-electron chi connectivity index (χ4n) is 1.62. The summed E-state index contributed by atoms with van der Waals surface area (Å²) < 4.78 is 13.5. The lowest BCUT2D eigenvalue weighted by atomic mass is 10.0. The van der Waals surface area contributed by atoms with Gasteiger partial charge in [-0.05, 0) is 29.8 Å². The topological polar surface area (TPSA) is 33.1 Å². The summed E-state index contributed by atoms with van der Waals surface area (Å²) in [5.74, 6) is -0.487. The Hall–Kier alpha value is -1.45. The van der Waals surface area contributed by atoms with Gasteiger partial charge in [0.15, 0.2) is 0 Å². The summed E-state index contributed by atoms with van der Waals surface area (Å²) in [6.07, 6.45) is 2.75. The smallest absolute Gasteiger partial charge is 0.130 e. The maximum Gasteiger partial charge on any atom is 0.130 e. The van der Waals surface area contributed by atoms with Gasteiger partial charge in [0.05, 0.1) is 6.10 Å². The molecule has 1 unspecified atom stereocenters. The number of nitrogens with zero attached hydrogens (tertiary/aromatic N) is 1. The molecular formula is C13H11ClFNO. The SMILES string of the molecule is OC(Cc1ccncc1)c1ccc(Cl)cc1F. The molecule has 2 rings (SSSR count). The maximum absolute atomic E-state index is 13.5. The van der Waals surface area contributed by atoms with Crippen LogP contribution in [-0.4, -0.2) is 10.1 Å². The molecule has 1 heterocycles. The molecule has 0 amide bonds. The van der Waals surface area contributed by atoms with Gasteiger partial charge in [0.25, 0.3) is 0 Å². The standard InChI is InChI=1S/C13H11ClFNO/c14-10-1-2-11(12(15)8-10)13(17)7-9-3-5-16-6-4-9/h1-6,8,13,17H,7H2. The van der Waals surface area contributed by atoms with Crippen LogP contribution in [0.5, 0.6) is 0 Å². The van der Waals surface area contributed by atoms with Crippen molar-refractivity contribution in [3.05, 3.63) is 64.7 Å². The van der Waals surface area contributed by atoms with Crippen LogP contribution in [0, 0.1) is 5.82 Å². The quantitative estimate of drug-likeness (QED) is 0.909. The first kappa shape index (κ1) is 12.0. The maximum atomic E-state index is 13.5. The third-order valence-electron chi connectivity index (χ3n) is 2.50. The second-order valence-corrected chi connectivity index (χ2v) is 4.18. The number of hydrogen-bond donors (Lipinski definition) is 1. The highest BCUT2D eigenvalue weighted by molar-refractivity contribution is 6.30. The van der Waals surface area contributed by atoms with E-state index in [1.165, 1.54) is 12.1 Å². The van der Waals surface area contributed by atoms with Gasteiger partial charge in [-0.25, -0.2) is 4.39 Å². The number of rotatable bonds is 3. The average molecular weight is 252 g/mol. The number of pyridine rings is 1. The van der Waals surface area contributed by atoms with E-state index in [2.05, 4.69) is 4.98 Å². The Kier molecular flexibility index (Phi) is 3.71. The van der Waals surface area contributed by atoms with Crippen molar-refractivity contribution in [3.8, 4) is 0 Å². The summed E-state index contributed by atoms with van der Waals surface area (Å²) in [6.45, 7) is 0. The Balaban J connectivity index is 2.17. The van der Waals surface area contributed by atoms with Crippen molar-refractivity contribution in [2.75, 3.05) is 0 Å². The van der Waals surface area contributed by atoms with Gasteiger partial charge in [0, 0.05) is 29.4 Å². The molecule has 0 aliphatic rings. The van der Waals surface area contributed by atoms with Crippen LogP contribution in [0.15, 0.2) is 42.7 Å². The molecule has 1 aromatic carbocycles. The molecule has 0 spiro atoms. The fourth-order valence-corrected chi connectivity index (χ4v) is 1.78. The number of halogens is 2. The molecule has 0 fully saturated rings. The third-order valence-corrected chi connectivity index (χ3v) is 2.74. The van der Waals surface area contributed by atoms with Gasteiger partial charge in [-0.15, -0.1) is 0 Å². The second-order valence-electron chi connectivity index (χ2n) is 3.74. The average Bonchev–Trinajstić information content (AvgIpc) is 2.30. The molecule has 2 aromatic rings. The van der Waals surface area contributed by atoms with E-state index in [9.17, 15) is 9.50 Å². The van der Waals surface area contributed by atoms with Gasteiger partial charge in [-0.3, -0.25) is 4.98 Å². The van der Waals surface area contributed by atoms with Gasteiger partial charge in [-0.1, -0.05) is 17.7 Å². The second kappa shape index (κ2) is 5.25. The summed E-state index contributed by atoms with van der Waals surface area (Å²) in [4.78, 5) is 3.88. The van der Waals surface area contributed by atoms with Crippen LogP contribution in [0.4, 0.5) is 4.39 Å². The molecule has 4 heteroatoms. The van der Waals surface area contributed by atoms with Gasteiger partial charge in [0.2, 0.25) is 0 Å². The molecule has 2 nitrogen and oxygen atoms in total. The minimum atomic E-state index is -0.880. The van der Waals surface area contributed by atoms with E-state index in [-0.39, 0.29) is 5.56 Å². The summed E-state index contributed by atoms with van der Waals surface area (Å²) >= 11 is 5.65. The molecule has 0 bridgehead atoms. The van der Waals surface area contributed by atoms with E-state index < -0.39 is 11.9 Å². The first-order valence-electron chi connectivity index (χ1n) is 5.19. The Morgan fingerprint density at radius 1 is 1.24 bits per heavy atom. The minimum absolute atomic E-state index is 0.256. The van der Waals surface area contributed by atoms with E-state index in [0.29, 0.717) is 11.4 Å². The summed E-state index contributed by atoms with van der Waals surface area (Å²) in [6, 6.07) is 7.85. The summed E-state index contributed by atoms with van der Waals surface area (Å²) in [5.41, 5.74) is 1.16. The summed E-state index contributed by atoms with van der Waals surface area (Å²) in [5, 5.41) is 10.3. The lowest BCUT2D eigenvalue weighted by molar-refractivity contribution is 0.173. The van der Waals surface area contributed by atoms with Crippen molar-refractivity contribution < 1.29 is 9.50 Å². The molecule has 1 N–H and O–H groups in total. The zero-order chi connectivity index (χ0) is 12.3. The van der Waals surface area contributed by atoms with Crippen molar-refractivity contribution in [2.45, 2.75) is 12.5 Å². The Bertz CT molecular complexity index is 504.